The molecule has 0 amide bonds. The van der Waals surface area contributed by atoms with Crippen molar-refractivity contribution in [3.63, 3.8) is 0 Å². The van der Waals surface area contributed by atoms with Gasteiger partial charge in [-0.05, 0) is 47.5 Å². The minimum atomic E-state index is 0.446. The first-order chi connectivity index (χ1) is 9.72. The molecule has 0 radical (unpaired) electrons. The van der Waals surface area contributed by atoms with Crippen LogP contribution in [-0.4, -0.2) is 19.9 Å². The number of fused-ring (bicyclic) bond motifs is 2. The van der Waals surface area contributed by atoms with Gasteiger partial charge in [0, 0.05) is 0 Å². The van der Waals surface area contributed by atoms with E-state index in [1.54, 1.807) is 0 Å². The summed E-state index contributed by atoms with van der Waals surface area (Å²) in [6, 6.07) is 15.4. The van der Waals surface area contributed by atoms with Crippen LogP contribution in [0, 0.1) is 0 Å². The first-order valence-electron chi connectivity index (χ1n) is 5.93. The van der Waals surface area contributed by atoms with Crippen LogP contribution < -0.4 is 0 Å². The average Bonchev–Trinajstić information content (AvgIpc) is 2.99. The van der Waals surface area contributed by atoms with E-state index in [-0.39, 0.29) is 0 Å². The first kappa shape index (κ1) is 13.0. The fourth-order valence-corrected chi connectivity index (χ4v) is 2.23. The van der Waals surface area contributed by atoms with Crippen molar-refractivity contribution < 1.29 is 0 Å². The predicted molar refractivity (Wildman–Crippen MR) is 82.2 cm³/mol. The summed E-state index contributed by atoms with van der Waals surface area (Å²) >= 11 is 11.2. The fourth-order valence-electron chi connectivity index (χ4n) is 1.84. The topological polar surface area (TPSA) is 57.4 Å². The van der Waals surface area contributed by atoms with Gasteiger partial charge < -0.3 is 9.97 Å². The average molecular weight is 305 g/mol. The molecule has 0 spiro atoms. The molecular weight excluding hydrogens is 295 g/mol. The van der Waals surface area contributed by atoms with E-state index in [1.165, 1.54) is 0 Å². The van der Waals surface area contributed by atoms with Gasteiger partial charge in [0.05, 0.1) is 22.1 Å². The van der Waals surface area contributed by atoms with Crippen LogP contribution >= 0.6 is 23.2 Å². The second-order valence-electron chi connectivity index (χ2n) is 4.09. The van der Waals surface area contributed by atoms with E-state index in [9.17, 15) is 0 Å². The Kier molecular flexibility index (Phi) is 3.58. The van der Waals surface area contributed by atoms with Gasteiger partial charge in [0.25, 0.3) is 0 Å². The summed E-state index contributed by atoms with van der Waals surface area (Å²) in [5, 5.41) is 0.891. The number of nitrogens with zero attached hydrogens (tertiary/aromatic N) is 2. The standard InChI is InChI=1S/2C7H5ClN2/c2*8-7-9-5-3-1-2-4-6(5)10-7/h2*1-4H,(H,9,10). The maximum absolute atomic E-state index is 5.62. The van der Waals surface area contributed by atoms with Crippen molar-refractivity contribution in [3.8, 4) is 0 Å². The molecule has 4 rings (SSSR count). The summed E-state index contributed by atoms with van der Waals surface area (Å²) in [6.07, 6.45) is 0. The van der Waals surface area contributed by atoms with Gasteiger partial charge >= 0.3 is 0 Å². The molecule has 2 aromatic heterocycles. The number of benzene rings is 2. The van der Waals surface area contributed by atoms with Crippen molar-refractivity contribution in [1.29, 1.82) is 0 Å². The number of nitrogens with one attached hydrogen (secondary N) is 2. The summed E-state index contributed by atoms with van der Waals surface area (Å²) in [5.41, 5.74) is 3.78. The molecule has 0 saturated heterocycles. The molecule has 0 aliphatic heterocycles. The van der Waals surface area contributed by atoms with Crippen molar-refractivity contribution in [3.05, 3.63) is 59.1 Å². The maximum Gasteiger partial charge on any atom is 0.201 e. The molecule has 0 saturated carbocycles. The molecule has 0 unspecified atom stereocenters. The molecule has 2 N–H and O–H groups in total. The zero-order valence-corrected chi connectivity index (χ0v) is 11.8. The molecule has 4 aromatic rings. The number of imidazole rings is 2. The zero-order valence-electron chi connectivity index (χ0n) is 10.3. The number of H-pyrrole nitrogens is 2. The first-order valence-corrected chi connectivity index (χ1v) is 6.68. The summed E-state index contributed by atoms with van der Waals surface area (Å²) in [4.78, 5) is 13.9. The quantitative estimate of drug-likeness (QED) is 0.505. The molecule has 20 heavy (non-hydrogen) atoms. The van der Waals surface area contributed by atoms with Crippen molar-refractivity contribution in [2.45, 2.75) is 0 Å². The van der Waals surface area contributed by atoms with E-state index in [0.717, 1.165) is 22.1 Å². The van der Waals surface area contributed by atoms with Crippen molar-refractivity contribution in [1.82, 2.24) is 19.9 Å². The Labute approximate surface area is 124 Å². The lowest BCUT2D eigenvalue weighted by molar-refractivity contribution is 1.34. The minimum absolute atomic E-state index is 0.446. The number of hydrogen-bond acceptors (Lipinski definition) is 2. The molecule has 0 bridgehead atoms. The second-order valence-corrected chi connectivity index (χ2v) is 4.81. The van der Waals surface area contributed by atoms with Crippen LogP contribution in [0.25, 0.3) is 22.1 Å². The highest BCUT2D eigenvalue weighted by molar-refractivity contribution is 6.29. The van der Waals surface area contributed by atoms with Crippen LogP contribution in [0.3, 0.4) is 0 Å². The predicted octanol–water partition coefficient (Wildman–Crippen LogP) is 4.43. The Morgan fingerprint density at radius 2 is 1.05 bits per heavy atom. The molecule has 0 atom stereocenters. The van der Waals surface area contributed by atoms with Gasteiger partial charge in [-0.15, -0.1) is 0 Å². The maximum atomic E-state index is 5.62. The van der Waals surface area contributed by atoms with E-state index in [4.69, 9.17) is 23.2 Å². The summed E-state index contributed by atoms with van der Waals surface area (Å²) < 4.78 is 0. The number of halogens is 2. The number of aromatic nitrogens is 4. The number of aromatic amines is 2. The van der Waals surface area contributed by atoms with Gasteiger partial charge in [-0.2, -0.15) is 0 Å². The van der Waals surface area contributed by atoms with E-state index >= 15 is 0 Å². The van der Waals surface area contributed by atoms with Crippen LogP contribution in [0.4, 0.5) is 0 Å². The molecule has 2 heterocycles. The summed E-state index contributed by atoms with van der Waals surface area (Å²) in [5.74, 6) is 0. The van der Waals surface area contributed by atoms with Gasteiger partial charge in [0.2, 0.25) is 10.6 Å². The molecule has 100 valence electrons. The Morgan fingerprint density at radius 1 is 0.650 bits per heavy atom. The fraction of sp³-hybridized carbons (Fsp3) is 0. The normalized spacial score (nSPS) is 10.5. The second kappa shape index (κ2) is 5.53. The van der Waals surface area contributed by atoms with E-state index in [2.05, 4.69) is 19.9 Å². The molecule has 0 fully saturated rings. The van der Waals surface area contributed by atoms with Crippen LogP contribution in [0.15, 0.2) is 48.5 Å². The summed E-state index contributed by atoms with van der Waals surface area (Å²) in [7, 11) is 0. The molecule has 0 aliphatic carbocycles. The lowest BCUT2D eigenvalue weighted by Crippen LogP contribution is -1.63. The highest BCUT2D eigenvalue weighted by Crippen LogP contribution is 2.13. The van der Waals surface area contributed by atoms with E-state index in [1.807, 2.05) is 48.5 Å². The van der Waals surface area contributed by atoms with Gasteiger partial charge in [0.1, 0.15) is 0 Å². The molecule has 0 aliphatic rings. The zero-order chi connectivity index (χ0) is 13.9. The van der Waals surface area contributed by atoms with Crippen molar-refractivity contribution in [2.75, 3.05) is 0 Å². The highest BCUT2D eigenvalue weighted by Gasteiger charge is 1.96. The Bertz CT molecular complexity index is 712. The van der Waals surface area contributed by atoms with Gasteiger partial charge in [-0.25, -0.2) is 9.97 Å². The van der Waals surface area contributed by atoms with Gasteiger partial charge in [-0.1, -0.05) is 24.3 Å². The lowest BCUT2D eigenvalue weighted by atomic mass is 10.3. The van der Waals surface area contributed by atoms with E-state index < -0.39 is 0 Å². The number of para-hydroxylation sites is 4. The third-order valence-electron chi connectivity index (χ3n) is 2.72. The number of rotatable bonds is 0. The van der Waals surface area contributed by atoms with E-state index in [0.29, 0.717) is 10.6 Å². The smallest absolute Gasteiger partial charge is 0.201 e. The molecule has 6 heteroatoms. The lowest BCUT2D eigenvalue weighted by Gasteiger charge is -1.81. The minimum Gasteiger partial charge on any atom is -0.329 e. The summed E-state index contributed by atoms with van der Waals surface area (Å²) in [6.45, 7) is 0. The van der Waals surface area contributed by atoms with Crippen LogP contribution in [-0.2, 0) is 0 Å². The third-order valence-corrected chi connectivity index (χ3v) is 3.08. The van der Waals surface area contributed by atoms with Crippen molar-refractivity contribution in [2.24, 2.45) is 0 Å². The molecule has 4 nitrogen and oxygen atoms in total. The van der Waals surface area contributed by atoms with Gasteiger partial charge in [-0.3, -0.25) is 0 Å². The Balaban J connectivity index is 0.000000121. The molecular formula is C14H10Cl2N4. The van der Waals surface area contributed by atoms with Crippen LogP contribution in [0.2, 0.25) is 10.6 Å². The Hall–Kier alpha value is -2.04. The van der Waals surface area contributed by atoms with Gasteiger partial charge in [0.15, 0.2) is 0 Å². The molecule has 2 aromatic carbocycles. The number of hydrogen-bond donors (Lipinski definition) is 2. The SMILES string of the molecule is Clc1nc2ccccc2[nH]1.Clc1nc2ccccc2[nH]1. The third kappa shape index (κ3) is 2.76. The van der Waals surface area contributed by atoms with Crippen molar-refractivity contribution >= 4 is 45.3 Å². The highest BCUT2D eigenvalue weighted by atomic mass is 35.5. The Morgan fingerprint density at radius 3 is 1.45 bits per heavy atom. The van der Waals surface area contributed by atoms with Crippen LogP contribution in [0.5, 0.6) is 0 Å². The largest absolute Gasteiger partial charge is 0.329 e. The monoisotopic (exact) mass is 304 g/mol. The van der Waals surface area contributed by atoms with Crippen LogP contribution in [0.1, 0.15) is 0 Å².